The third-order valence-electron chi connectivity index (χ3n) is 2.06. The minimum absolute atomic E-state index is 0.281. The Labute approximate surface area is 91.8 Å². The van der Waals surface area contributed by atoms with E-state index in [9.17, 15) is 9.18 Å². The highest BCUT2D eigenvalue weighted by atomic mass is 19.1. The summed E-state index contributed by atoms with van der Waals surface area (Å²) in [6, 6.07) is 6.01. The first kappa shape index (κ1) is 10.3. The molecule has 0 saturated heterocycles. The predicted molar refractivity (Wildman–Crippen MR) is 58.6 cm³/mol. The zero-order chi connectivity index (χ0) is 11.4. The number of benzene rings is 1. The van der Waals surface area contributed by atoms with Crippen LogP contribution >= 0.6 is 0 Å². The van der Waals surface area contributed by atoms with Crippen LogP contribution < -0.4 is 0 Å². The molecular weight excluding hydrogens is 207 g/mol. The Morgan fingerprint density at radius 2 is 2.00 bits per heavy atom. The first-order valence-corrected chi connectivity index (χ1v) is 4.72. The van der Waals surface area contributed by atoms with Gasteiger partial charge in [0.1, 0.15) is 12.1 Å². The van der Waals surface area contributed by atoms with Crippen LogP contribution in [0, 0.1) is 5.82 Å². The summed E-state index contributed by atoms with van der Waals surface area (Å²) in [5.74, 6) is -0.281. The van der Waals surface area contributed by atoms with E-state index in [2.05, 4.69) is 5.10 Å². The molecule has 1 heterocycles. The van der Waals surface area contributed by atoms with E-state index in [-0.39, 0.29) is 5.82 Å². The van der Waals surface area contributed by atoms with Crippen LogP contribution in [0.2, 0.25) is 0 Å². The number of aldehydes is 1. The quantitative estimate of drug-likeness (QED) is 0.582. The number of rotatable bonds is 3. The van der Waals surface area contributed by atoms with Gasteiger partial charge in [0, 0.05) is 11.8 Å². The summed E-state index contributed by atoms with van der Waals surface area (Å²) in [4.78, 5) is 10.1. The number of aromatic nitrogens is 2. The lowest BCUT2D eigenvalue weighted by Gasteiger charge is -1.99. The summed E-state index contributed by atoms with van der Waals surface area (Å²) >= 11 is 0. The maximum absolute atomic E-state index is 12.7. The zero-order valence-corrected chi connectivity index (χ0v) is 8.38. The minimum atomic E-state index is -0.281. The molecule has 0 aliphatic rings. The highest BCUT2D eigenvalue weighted by molar-refractivity contribution is 5.73. The SMILES string of the molecule is O=CC=Cc1cnn(-c2ccc(F)cc2)c1. The maximum Gasteiger partial charge on any atom is 0.142 e. The Morgan fingerprint density at radius 1 is 1.25 bits per heavy atom. The second-order valence-electron chi connectivity index (χ2n) is 3.19. The van der Waals surface area contributed by atoms with Crippen molar-refractivity contribution in [2.75, 3.05) is 0 Å². The summed E-state index contributed by atoms with van der Waals surface area (Å²) < 4.78 is 14.3. The molecule has 4 heteroatoms. The Hall–Kier alpha value is -2.23. The van der Waals surface area contributed by atoms with Crippen LogP contribution in [-0.4, -0.2) is 16.1 Å². The molecular formula is C12H9FN2O. The van der Waals surface area contributed by atoms with E-state index in [1.807, 2.05) is 0 Å². The molecule has 1 aromatic carbocycles. The third kappa shape index (κ3) is 2.23. The van der Waals surface area contributed by atoms with Crippen LogP contribution in [0.1, 0.15) is 5.56 Å². The van der Waals surface area contributed by atoms with Crippen molar-refractivity contribution in [3.8, 4) is 5.69 Å². The molecule has 0 atom stereocenters. The van der Waals surface area contributed by atoms with E-state index >= 15 is 0 Å². The van der Waals surface area contributed by atoms with E-state index in [4.69, 9.17) is 0 Å². The second kappa shape index (κ2) is 4.53. The van der Waals surface area contributed by atoms with Crippen LogP contribution in [0.25, 0.3) is 11.8 Å². The van der Waals surface area contributed by atoms with E-state index in [0.29, 0.717) is 6.29 Å². The Morgan fingerprint density at radius 3 is 2.69 bits per heavy atom. The van der Waals surface area contributed by atoms with Crippen molar-refractivity contribution in [2.45, 2.75) is 0 Å². The largest absolute Gasteiger partial charge is 0.299 e. The van der Waals surface area contributed by atoms with Crippen molar-refractivity contribution in [2.24, 2.45) is 0 Å². The maximum atomic E-state index is 12.7. The summed E-state index contributed by atoms with van der Waals surface area (Å²) in [6.07, 6.45) is 7.14. The molecule has 0 radical (unpaired) electrons. The zero-order valence-electron chi connectivity index (χ0n) is 8.38. The Bertz CT molecular complexity index is 514. The van der Waals surface area contributed by atoms with Gasteiger partial charge in [-0.25, -0.2) is 9.07 Å². The van der Waals surface area contributed by atoms with Gasteiger partial charge < -0.3 is 0 Å². The van der Waals surface area contributed by atoms with Gasteiger partial charge in [0.05, 0.1) is 11.9 Å². The minimum Gasteiger partial charge on any atom is -0.299 e. The van der Waals surface area contributed by atoms with Crippen molar-refractivity contribution in [3.05, 3.63) is 54.1 Å². The van der Waals surface area contributed by atoms with E-state index in [1.165, 1.54) is 18.2 Å². The van der Waals surface area contributed by atoms with Crippen molar-refractivity contribution >= 4 is 12.4 Å². The lowest BCUT2D eigenvalue weighted by Crippen LogP contribution is -1.93. The number of nitrogens with zero attached hydrogens (tertiary/aromatic N) is 2. The van der Waals surface area contributed by atoms with Crippen LogP contribution in [0.4, 0.5) is 4.39 Å². The van der Waals surface area contributed by atoms with Crippen molar-refractivity contribution < 1.29 is 9.18 Å². The van der Waals surface area contributed by atoms with E-state index in [0.717, 1.165) is 11.3 Å². The molecule has 0 bridgehead atoms. The van der Waals surface area contributed by atoms with Gasteiger partial charge in [-0.15, -0.1) is 0 Å². The average molecular weight is 216 g/mol. The molecule has 2 aromatic rings. The van der Waals surface area contributed by atoms with E-state index < -0.39 is 0 Å². The molecule has 0 aliphatic heterocycles. The van der Waals surface area contributed by atoms with Crippen LogP contribution in [-0.2, 0) is 4.79 Å². The standard InChI is InChI=1S/C12H9FN2O/c13-11-3-5-12(6-4-11)15-9-10(8-14-15)2-1-7-16/h1-9H. The average Bonchev–Trinajstić information content (AvgIpc) is 2.76. The van der Waals surface area contributed by atoms with Crippen molar-refractivity contribution in [1.29, 1.82) is 0 Å². The fraction of sp³-hybridized carbons (Fsp3) is 0. The van der Waals surface area contributed by atoms with Gasteiger partial charge in [0.25, 0.3) is 0 Å². The summed E-state index contributed by atoms with van der Waals surface area (Å²) in [7, 11) is 0. The number of carbonyl (C=O) groups is 1. The van der Waals surface area contributed by atoms with Crippen molar-refractivity contribution in [1.82, 2.24) is 9.78 Å². The van der Waals surface area contributed by atoms with Crippen LogP contribution in [0.3, 0.4) is 0 Å². The molecule has 0 N–H and O–H groups in total. The second-order valence-corrected chi connectivity index (χ2v) is 3.19. The summed E-state index contributed by atoms with van der Waals surface area (Å²) in [5, 5.41) is 4.10. The number of halogens is 1. The van der Waals surface area contributed by atoms with Gasteiger partial charge in [-0.05, 0) is 36.4 Å². The number of allylic oxidation sites excluding steroid dienone is 1. The highest BCUT2D eigenvalue weighted by Crippen LogP contribution is 2.10. The van der Waals surface area contributed by atoms with Gasteiger partial charge in [0.15, 0.2) is 0 Å². The molecule has 3 nitrogen and oxygen atoms in total. The molecule has 2 rings (SSSR count). The van der Waals surface area contributed by atoms with Gasteiger partial charge in [-0.3, -0.25) is 4.79 Å². The first-order chi connectivity index (χ1) is 7.79. The molecule has 16 heavy (non-hydrogen) atoms. The lowest BCUT2D eigenvalue weighted by molar-refractivity contribution is -0.104. The molecule has 0 saturated carbocycles. The summed E-state index contributed by atoms with van der Waals surface area (Å²) in [6.45, 7) is 0. The van der Waals surface area contributed by atoms with Gasteiger partial charge >= 0.3 is 0 Å². The number of hydrogen-bond acceptors (Lipinski definition) is 2. The molecule has 80 valence electrons. The van der Waals surface area contributed by atoms with Crippen LogP contribution in [0.5, 0.6) is 0 Å². The Balaban J connectivity index is 2.27. The van der Waals surface area contributed by atoms with Crippen LogP contribution in [0.15, 0.2) is 42.7 Å². The van der Waals surface area contributed by atoms with Gasteiger partial charge in [0.2, 0.25) is 0 Å². The fourth-order valence-corrected chi connectivity index (χ4v) is 1.31. The fourth-order valence-electron chi connectivity index (χ4n) is 1.31. The molecule has 0 aliphatic carbocycles. The van der Waals surface area contributed by atoms with E-state index in [1.54, 1.807) is 35.3 Å². The van der Waals surface area contributed by atoms with Crippen molar-refractivity contribution in [3.63, 3.8) is 0 Å². The Kier molecular flexibility index (Phi) is 2.91. The highest BCUT2D eigenvalue weighted by Gasteiger charge is 1.98. The monoisotopic (exact) mass is 216 g/mol. The molecule has 0 fully saturated rings. The van der Waals surface area contributed by atoms with Gasteiger partial charge in [-0.1, -0.05) is 0 Å². The smallest absolute Gasteiger partial charge is 0.142 e. The molecule has 0 unspecified atom stereocenters. The molecule has 0 spiro atoms. The topological polar surface area (TPSA) is 34.9 Å². The number of carbonyl (C=O) groups excluding carboxylic acids is 1. The predicted octanol–water partition coefficient (Wildman–Crippen LogP) is 2.22. The number of hydrogen-bond donors (Lipinski definition) is 0. The van der Waals surface area contributed by atoms with Gasteiger partial charge in [-0.2, -0.15) is 5.10 Å². The summed E-state index contributed by atoms with van der Waals surface area (Å²) in [5.41, 5.74) is 1.59. The molecule has 1 aromatic heterocycles. The lowest BCUT2D eigenvalue weighted by atomic mass is 10.3. The molecule has 0 amide bonds. The normalized spacial score (nSPS) is 10.8. The first-order valence-electron chi connectivity index (χ1n) is 4.72. The third-order valence-corrected chi connectivity index (χ3v) is 2.06.